The Labute approximate surface area is 197 Å². The van der Waals surface area contributed by atoms with Gasteiger partial charge in [0.25, 0.3) is 0 Å². The molecule has 6 heteroatoms. The largest absolute Gasteiger partial charge is 0.493 e. The third-order valence-corrected chi connectivity index (χ3v) is 5.59. The van der Waals surface area contributed by atoms with Gasteiger partial charge in [-0.3, -0.25) is 9.69 Å². The Hall–Kier alpha value is -1.79. The van der Waals surface area contributed by atoms with Crippen molar-refractivity contribution in [2.24, 2.45) is 23.5 Å². The van der Waals surface area contributed by atoms with Crippen LogP contribution in [0.1, 0.15) is 74.0 Å². The van der Waals surface area contributed by atoms with Crippen molar-refractivity contribution >= 4 is 5.97 Å². The smallest absolute Gasteiger partial charge is 0.323 e. The Bertz CT molecular complexity index is 1200. The highest BCUT2D eigenvalue weighted by atomic mass is 16.5. The zero-order chi connectivity index (χ0) is 32.4. The molecule has 0 aliphatic carbocycles. The lowest BCUT2D eigenvalue weighted by Crippen LogP contribution is -2.51. The number of piperidine rings is 1. The van der Waals surface area contributed by atoms with Crippen molar-refractivity contribution < 1.29 is 35.5 Å². The van der Waals surface area contributed by atoms with Gasteiger partial charge in [-0.2, -0.15) is 0 Å². The molecule has 6 nitrogen and oxygen atoms in total. The number of ether oxygens (including phenoxy) is 3. The van der Waals surface area contributed by atoms with Gasteiger partial charge in [0.2, 0.25) is 0 Å². The van der Waals surface area contributed by atoms with E-state index in [1.807, 2.05) is 0 Å². The van der Waals surface area contributed by atoms with E-state index in [0.717, 1.165) is 6.92 Å². The summed E-state index contributed by atoms with van der Waals surface area (Å²) >= 11 is 0. The summed E-state index contributed by atoms with van der Waals surface area (Å²) in [7, 11) is -1.75. The molecule has 0 spiro atoms. The summed E-state index contributed by atoms with van der Waals surface area (Å²) in [5, 5.41) is 0. The molecule has 3 rings (SSSR count). The quantitative estimate of drug-likeness (QED) is 0.667. The van der Waals surface area contributed by atoms with Crippen molar-refractivity contribution in [3.8, 4) is 11.5 Å². The molecule has 1 fully saturated rings. The molecule has 1 aromatic carbocycles. The van der Waals surface area contributed by atoms with E-state index in [9.17, 15) is 6.17 Å². The van der Waals surface area contributed by atoms with E-state index >= 15 is 0 Å². The normalized spacial score (nSPS) is 36.5. The lowest BCUT2D eigenvalue weighted by Gasteiger charge is -2.47. The minimum absolute atomic E-state index is 0.119. The second-order valence-corrected chi connectivity index (χ2v) is 8.05. The summed E-state index contributed by atoms with van der Waals surface area (Å²) in [6.45, 7) is 0.975. The number of benzene rings is 1. The molecule has 5 atom stereocenters. The van der Waals surface area contributed by atoms with Crippen molar-refractivity contribution in [1.82, 2.24) is 4.90 Å². The first-order chi connectivity index (χ1) is 18.9. The Morgan fingerprint density at radius 2 is 2.20 bits per heavy atom. The van der Waals surface area contributed by atoms with Gasteiger partial charge in [0.15, 0.2) is 11.5 Å². The van der Waals surface area contributed by atoms with Crippen LogP contribution in [-0.2, 0) is 16.0 Å². The van der Waals surface area contributed by atoms with Gasteiger partial charge in [0, 0.05) is 39.7 Å². The Morgan fingerprint density at radius 3 is 2.87 bits per heavy atom. The van der Waals surface area contributed by atoms with Crippen molar-refractivity contribution in [3.63, 3.8) is 0 Å². The zero-order valence-corrected chi connectivity index (χ0v) is 17.8. The van der Waals surface area contributed by atoms with E-state index in [4.69, 9.17) is 35.0 Å². The fraction of sp³-hybridized carbons (Fsp3) is 0.708. The van der Waals surface area contributed by atoms with Crippen molar-refractivity contribution in [1.29, 1.82) is 0 Å². The maximum Gasteiger partial charge on any atom is 0.323 e. The molecule has 1 aromatic rings. The van der Waals surface area contributed by atoms with Crippen LogP contribution in [0.2, 0.25) is 0 Å². The molecular weight excluding hydrogens is 380 g/mol. The summed E-state index contributed by atoms with van der Waals surface area (Å²) in [4.78, 5) is 14.8. The lowest BCUT2D eigenvalue weighted by atomic mass is 9.79. The van der Waals surface area contributed by atoms with Crippen molar-refractivity contribution in [2.75, 3.05) is 27.2 Å². The van der Waals surface area contributed by atoms with Crippen LogP contribution >= 0.6 is 0 Å². The number of fused-ring (bicyclic) bond motifs is 3. The molecule has 0 radical (unpaired) electrons. The van der Waals surface area contributed by atoms with Gasteiger partial charge in [-0.25, -0.2) is 0 Å². The highest BCUT2D eigenvalue weighted by Gasteiger charge is 2.41. The maximum atomic E-state index is 13.1. The molecule has 1 saturated heterocycles. The fourth-order valence-corrected chi connectivity index (χ4v) is 3.90. The van der Waals surface area contributed by atoms with E-state index in [0.29, 0.717) is 0 Å². The third kappa shape index (κ3) is 4.75. The molecule has 4 unspecified atom stereocenters. The SMILES string of the molecule is [2H]c1c2c(c([2H])c(OC)c1OC([2H])([2H])[2H])C1CC([2H])(OC(=O)[C@@H](N)C(C)C)C(C([2H])([2H])C([2H])(C)C([2H])([2H])[2H])CN1CC2. The van der Waals surface area contributed by atoms with E-state index in [1.165, 1.54) is 7.11 Å². The molecule has 30 heavy (non-hydrogen) atoms. The minimum Gasteiger partial charge on any atom is -0.493 e. The van der Waals surface area contributed by atoms with Gasteiger partial charge in [-0.1, -0.05) is 27.6 Å². The summed E-state index contributed by atoms with van der Waals surface area (Å²) in [5.74, 6) is -6.49. The van der Waals surface area contributed by atoms with Crippen LogP contribution in [0.15, 0.2) is 12.1 Å². The van der Waals surface area contributed by atoms with E-state index in [1.54, 1.807) is 18.7 Å². The summed E-state index contributed by atoms with van der Waals surface area (Å²) in [5.41, 5.74) is 6.45. The van der Waals surface area contributed by atoms with Crippen LogP contribution in [0.3, 0.4) is 0 Å². The maximum absolute atomic E-state index is 13.1. The van der Waals surface area contributed by atoms with Crippen LogP contribution in [0.25, 0.3) is 0 Å². The number of methoxy groups -OCH3 is 2. The second-order valence-electron chi connectivity index (χ2n) is 8.05. The minimum atomic E-state index is -3.10. The molecule has 2 aliphatic heterocycles. The number of carbonyl (C=O) groups excluding carboxylic acids is 1. The van der Waals surface area contributed by atoms with E-state index in [2.05, 4.69) is 0 Å². The third-order valence-electron chi connectivity index (χ3n) is 5.59. The lowest BCUT2D eigenvalue weighted by molar-refractivity contribution is -0.160. The standard InChI is InChI=1S/C24H38N2O4/c1-14(2)9-17-13-26-8-7-16-10-21(28-5)22(29-6)11-18(16)19(26)12-20(17)30-24(27)23(25)15(3)4/h10-11,14-15,17,19-20,23H,7-9,12-13,25H2,1-6H3/t17?,19?,20?,23-/m0/s1/i1D3,5D3,9D2,10D,11D,14D,20D/t14?,17?,19?,20?,23-. The topological polar surface area (TPSA) is 74.0 Å². The van der Waals surface area contributed by atoms with Gasteiger partial charge < -0.3 is 19.9 Å². The predicted octanol–water partition coefficient (Wildman–Crippen LogP) is 3.56. The number of nitrogens with two attached hydrogens (primary N) is 1. The first-order valence-corrected chi connectivity index (χ1v) is 10.0. The molecule has 0 aromatic heterocycles. The number of hydrogen-bond acceptors (Lipinski definition) is 6. The van der Waals surface area contributed by atoms with Gasteiger partial charge in [-0.05, 0) is 47.8 Å². The van der Waals surface area contributed by atoms with Gasteiger partial charge in [0.05, 0.1) is 22.4 Å². The Balaban J connectivity index is 2.21. The first-order valence-electron chi connectivity index (χ1n) is 16.0. The predicted molar refractivity (Wildman–Crippen MR) is 118 cm³/mol. The second kappa shape index (κ2) is 9.56. The van der Waals surface area contributed by atoms with Crippen molar-refractivity contribution in [3.05, 3.63) is 23.2 Å². The van der Waals surface area contributed by atoms with Crippen LogP contribution < -0.4 is 15.2 Å². The van der Waals surface area contributed by atoms with E-state index in [-0.39, 0.29) is 48.5 Å². The molecular formula is C24H38N2O4. The van der Waals surface area contributed by atoms with Crippen LogP contribution in [0, 0.1) is 17.7 Å². The number of hydrogen-bond donors (Lipinski definition) is 1. The van der Waals surface area contributed by atoms with Gasteiger partial charge in [0.1, 0.15) is 12.1 Å². The van der Waals surface area contributed by atoms with E-state index < -0.39 is 74.3 Å². The summed E-state index contributed by atoms with van der Waals surface area (Å²) < 4.78 is 115. The molecule has 0 amide bonds. The van der Waals surface area contributed by atoms with Gasteiger partial charge in [-0.15, -0.1) is 0 Å². The average Bonchev–Trinajstić information content (AvgIpc) is 2.83. The van der Waals surface area contributed by atoms with Crippen LogP contribution in [0.4, 0.5) is 0 Å². The van der Waals surface area contributed by atoms with Crippen LogP contribution in [-0.4, -0.2) is 50.2 Å². The molecule has 0 bridgehead atoms. The average molecular weight is 431 g/mol. The number of carbonyl (C=O) groups is 1. The number of esters is 1. The molecule has 2 aliphatic rings. The van der Waals surface area contributed by atoms with Gasteiger partial charge >= 0.3 is 5.97 Å². The van der Waals surface area contributed by atoms with Crippen LogP contribution in [0.5, 0.6) is 11.5 Å². The zero-order valence-electron chi connectivity index (χ0n) is 29.8. The summed E-state index contributed by atoms with van der Waals surface area (Å²) in [6.07, 6.45) is -5.65. The molecule has 0 saturated carbocycles. The van der Waals surface area contributed by atoms with Crippen molar-refractivity contribution in [2.45, 2.75) is 65.0 Å². The molecule has 2 heterocycles. The fourth-order valence-electron chi connectivity index (χ4n) is 3.90. The molecule has 2 N–H and O–H groups in total. The molecule has 168 valence electrons. The first kappa shape index (κ1) is 11.7. The highest BCUT2D eigenvalue weighted by Crippen LogP contribution is 2.44. The summed E-state index contributed by atoms with van der Waals surface area (Å²) in [6, 6.07) is -2.70. The highest BCUT2D eigenvalue weighted by molar-refractivity contribution is 5.76. The number of nitrogens with zero attached hydrogens (tertiary/aromatic N) is 1. The number of rotatable bonds is 7. The monoisotopic (exact) mass is 430 g/mol. The Morgan fingerprint density at radius 1 is 1.43 bits per heavy atom. The Kier molecular flexibility index (Phi) is 3.74.